The van der Waals surface area contributed by atoms with Crippen LogP contribution in [0.2, 0.25) is 0 Å². The fourth-order valence-electron chi connectivity index (χ4n) is 3.60. The summed E-state index contributed by atoms with van der Waals surface area (Å²) in [6, 6.07) is 27.0. The average molecular weight is 466 g/mol. The van der Waals surface area contributed by atoms with Crippen LogP contribution in [-0.4, -0.2) is 17.1 Å². The van der Waals surface area contributed by atoms with Crippen LogP contribution in [-0.2, 0) is 0 Å². The molecule has 1 heterocycles. The molecule has 4 nitrogen and oxygen atoms in total. The zero-order valence-corrected chi connectivity index (χ0v) is 17.9. The quantitative estimate of drug-likeness (QED) is 0.369. The van der Waals surface area contributed by atoms with E-state index in [2.05, 4.69) is 31.9 Å². The third-order valence-electron chi connectivity index (χ3n) is 4.98. The first-order chi connectivity index (χ1) is 14.1. The third kappa shape index (κ3) is 4.49. The monoisotopic (exact) mass is 465 g/mol. The second kappa shape index (κ2) is 8.76. The van der Waals surface area contributed by atoms with E-state index in [-0.39, 0.29) is 18.0 Å². The first-order valence-corrected chi connectivity index (χ1v) is 10.6. The van der Waals surface area contributed by atoms with Gasteiger partial charge in [-0.25, -0.2) is 0 Å². The van der Waals surface area contributed by atoms with E-state index in [1.165, 1.54) is 0 Å². The summed E-state index contributed by atoms with van der Waals surface area (Å²) in [7, 11) is 0. The number of carbonyl (C=O) groups is 1. The predicted molar refractivity (Wildman–Crippen MR) is 124 cm³/mol. The maximum atomic E-state index is 13.6. The summed E-state index contributed by atoms with van der Waals surface area (Å²) < 4.78 is 0.996. The van der Waals surface area contributed by atoms with Crippen LogP contribution in [0.4, 0.5) is 5.69 Å². The summed E-state index contributed by atoms with van der Waals surface area (Å²) in [5.74, 6) is -0.355. The van der Waals surface area contributed by atoms with E-state index in [1.54, 1.807) is 0 Å². The van der Waals surface area contributed by atoms with Crippen LogP contribution in [0.1, 0.15) is 22.0 Å². The number of ketones is 1. The lowest BCUT2D eigenvalue weighted by atomic mass is 9.83. The van der Waals surface area contributed by atoms with Crippen LogP contribution in [0.25, 0.3) is 0 Å². The summed E-state index contributed by atoms with van der Waals surface area (Å²) in [4.78, 5) is 13.6. The van der Waals surface area contributed by atoms with Crippen molar-refractivity contribution in [3.63, 3.8) is 0 Å². The van der Waals surface area contributed by atoms with Crippen LogP contribution in [0, 0.1) is 5.92 Å². The van der Waals surface area contributed by atoms with Crippen LogP contribution in [0.5, 0.6) is 0 Å². The number of rotatable bonds is 5. The molecule has 0 aliphatic carbocycles. The van der Waals surface area contributed by atoms with E-state index in [9.17, 15) is 4.79 Å². The maximum absolute atomic E-state index is 13.6. The Balaban J connectivity index is 1.73. The topological polar surface area (TPSA) is 53.2 Å². The van der Waals surface area contributed by atoms with Crippen molar-refractivity contribution in [1.29, 1.82) is 0 Å². The number of benzene rings is 3. The average Bonchev–Trinajstić information content (AvgIpc) is 2.76. The van der Waals surface area contributed by atoms with Crippen LogP contribution < -0.4 is 16.0 Å². The van der Waals surface area contributed by atoms with Gasteiger partial charge in [-0.3, -0.25) is 4.79 Å². The van der Waals surface area contributed by atoms with Gasteiger partial charge in [0.15, 0.2) is 10.9 Å². The summed E-state index contributed by atoms with van der Waals surface area (Å²) >= 11 is 8.93. The van der Waals surface area contributed by atoms with Gasteiger partial charge in [-0.1, -0.05) is 76.6 Å². The molecule has 6 heteroatoms. The molecule has 3 N–H and O–H groups in total. The van der Waals surface area contributed by atoms with Crippen LogP contribution in [0.15, 0.2) is 89.4 Å². The highest BCUT2D eigenvalue weighted by atomic mass is 79.9. The molecular weight excluding hydrogens is 446 g/mol. The summed E-state index contributed by atoms with van der Waals surface area (Å²) in [6.45, 7) is 0. The lowest BCUT2D eigenvalue weighted by Crippen LogP contribution is -2.61. The number of nitrogens with one attached hydrogen (secondary N) is 3. The Bertz CT molecular complexity index is 996. The normalized spacial score (nSPS) is 21.0. The molecule has 3 aromatic carbocycles. The molecule has 0 spiro atoms. The van der Waals surface area contributed by atoms with E-state index in [0.717, 1.165) is 15.7 Å². The Morgan fingerprint density at radius 3 is 2.14 bits per heavy atom. The highest BCUT2D eigenvalue weighted by Crippen LogP contribution is 2.31. The predicted octanol–water partition coefficient (Wildman–Crippen LogP) is 4.91. The minimum atomic E-state index is -0.407. The van der Waals surface area contributed by atoms with Crippen molar-refractivity contribution in [2.24, 2.45) is 5.92 Å². The maximum Gasteiger partial charge on any atom is 0.172 e. The van der Waals surface area contributed by atoms with Crippen molar-refractivity contribution >= 4 is 44.7 Å². The molecule has 0 radical (unpaired) electrons. The van der Waals surface area contributed by atoms with Gasteiger partial charge in [0.1, 0.15) is 6.17 Å². The Hall–Kier alpha value is -2.70. The number of hydrogen-bond acceptors (Lipinski definition) is 3. The number of hydrogen-bond donors (Lipinski definition) is 3. The van der Waals surface area contributed by atoms with Crippen molar-refractivity contribution in [3.8, 4) is 0 Å². The molecule has 1 aliphatic rings. The lowest BCUT2D eigenvalue weighted by Gasteiger charge is -2.40. The molecule has 0 aromatic heterocycles. The van der Waals surface area contributed by atoms with E-state index < -0.39 is 5.92 Å². The van der Waals surface area contributed by atoms with Crippen molar-refractivity contribution < 1.29 is 4.79 Å². The number of anilines is 1. The van der Waals surface area contributed by atoms with Crippen molar-refractivity contribution in [2.45, 2.75) is 12.2 Å². The molecule has 4 rings (SSSR count). The van der Waals surface area contributed by atoms with Gasteiger partial charge in [0.2, 0.25) is 0 Å². The minimum Gasteiger partial charge on any atom is -0.365 e. The first-order valence-electron chi connectivity index (χ1n) is 9.35. The molecule has 0 amide bonds. The Labute approximate surface area is 183 Å². The molecule has 3 aromatic rings. The molecule has 1 aliphatic heterocycles. The van der Waals surface area contributed by atoms with E-state index in [0.29, 0.717) is 10.7 Å². The standard InChI is InChI=1S/C23H20BrN3OS/c24-17-11-13-18(14-12-17)25-22-19(21(28)16-9-5-2-6-10-16)20(26-23(29)27-22)15-7-3-1-4-8-15/h1-14,19-20,22,25H,(H2,26,27,29)/t19-,20-,22-/m0/s1. The molecule has 3 atom stereocenters. The second-order valence-electron chi connectivity index (χ2n) is 6.89. The second-order valence-corrected chi connectivity index (χ2v) is 8.22. The fraction of sp³-hybridized carbons (Fsp3) is 0.130. The molecular formula is C23H20BrN3OS. The smallest absolute Gasteiger partial charge is 0.172 e. The van der Waals surface area contributed by atoms with Crippen molar-refractivity contribution in [3.05, 3.63) is 101 Å². The highest BCUT2D eigenvalue weighted by molar-refractivity contribution is 9.10. The van der Waals surface area contributed by atoms with E-state index in [4.69, 9.17) is 12.2 Å². The molecule has 146 valence electrons. The Morgan fingerprint density at radius 2 is 1.48 bits per heavy atom. The Kier molecular flexibility index (Phi) is 5.92. The number of Topliss-reactive ketones (excluding diaryl/α,β-unsaturated/α-hetero) is 1. The van der Waals surface area contributed by atoms with Gasteiger partial charge in [-0.15, -0.1) is 0 Å². The van der Waals surface area contributed by atoms with Gasteiger partial charge in [-0.2, -0.15) is 0 Å². The lowest BCUT2D eigenvalue weighted by molar-refractivity contribution is 0.0862. The summed E-state index contributed by atoms with van der Waals surface area (Å²) in [5, 5.41) is 10.5. The molecule has 1 saturated heterocycles. The minimum absolute atomic E-state index is 0.0524. The molecule has 0 bridgehead atoms. The van der Waals surface area contributed by atoms with Gasteiger partial charge < -0.3 is 16.0 Å². The molecule has 0 saturated carbocycles. The zero-order valence-electron chi connectivity index (χ0n) is 15.5. The van der Waals surface area contributed by atoms with Crippen molar-refractivity contribution in [1.82, 2.24) is 10.6 Å². The molecule has 1 fully saturated rings. The number of halogens is 1. The highest BCUT2D eigenvalue weighted by Gasteiger charge is 2.41. The third-order valence-corrected chi connectivity index (χ3v) is 5.74. The zero-order chi connectivity index (χ0) is 20.2. The van der Waals surface area contributed by atoms with Gasteiger partial charge in [0.25, 0.3) is 0 Å². The summed E-state index contributed by atoms with van der Waals surface area (Å²) in [6.07, 6.45) is -0.358. The van der Waals surface area contributed by atoms with Gasteiger partial charge in [-0.05, 0) is 42.0 Å². The fourth-order valence-corrected chi connectivity index (χ4v) is 4.11. The first kappa shape index (κ1) is 19.6. The van der Waals surface area contributed by atoms with Gasteiger partial charge in [0.05, 0.1) is 12.0 Å². The van der Waals surface area contributed by atoms with Crippen LogP contribution in [0.3, 0.4) is 0 Å². The number of carbonyl (C=O) groups excluding carboxylic acids is 1. The number of thiocarbonyl (C=S) groups is 1. The van der Waals surface area contributed by atoms with Gasteiger partial charge in [0, 0.05) is 15.7 Å². The van der Waals surface area contributed by atoms with Gasteiger partial charge >= 0.3 is 0 Å². The Morgan fingerprint density at radius 1 is 0.862 bits per heavy atom. The summed E-state index contributed by atoms with van der Waals surface area (Å²) in [5.41, 5.74) is 2.61. The molecule has 0 unspecified atom stereocenters. The van der Waals surface area contributed by atoms with E-state index >= 15 is 0 Å². The van der Waals surface area contributed by atoms with Crippen LogP contribution >= 0.6 is 28.1 Å². The van der Waals surface area contributed by atoms with Crippen molar-refractivity contribution in [2.75, 3.05) is 5.32 Å². The SMILES string of the molecule is O=C(c1ccccc1)[C@H]1[C@@H](Nc2ccc(Br)cc2)NC(=S)N[C@H]1c1ccccc1. The molecule has 29 heavy (non-hydrogen) atoms. The largest absolute Gasteiger partial charge is 0.365 e. The van der Waals surface area contributed by atoms with E-state index in [1.807, 2.05) is 84.9 Å².